The zero-order valence-electron chi connectivity index (χ0n) is 8.92. The average Bonchev–Trinajstić information content (AvgIpc) is 2.36. The van der Waals surface area contributed by atoms with E-state index in [-0.39, 0.29) is 11.5 Å². The van der Waals surface area contributed by atoms with Gasteiger partial charge in [0.2, 0.25) is 0 Å². The van der Waals surface area contributed by atoms with E-state index >= 15 is 0 Å². The van der Waals surface area contributed by atoms with Gasteiger partial charge >= 0.3 is 0 Å². The molecule has 0 saturated carbocycles. The number of aromatic hydroxyl groups is 1. The van der Waals surface area contributed by atoms with Crippen molar-refractivity contribution < 1.29 is 15.0 Å². The summed E-state index contributed by atoms with van der Waals surface area (Å²) in [6.45, 7) is 0. The molecule has 1 atom stereocenters. The van der Waals surface area contributed by atoms with Crippen LogP contribution in [0.15, 0.2) is 42.5 Å². The molecule has 1 aliphatic carbocycles. The van der Waals surface area contributed by atoms with Gasteiger partial charge in [0.05, 0.1) is 0 Å². The van der Waals surface area contributed by atoms with E-state index in [0.29, 0.717) is 16.7 Å². The van der Waals surface area contributed by atoms with Crippen LogP contribution in [0, 0.1) is 0 Å². The molecular formula is C14H10O3. The summed E-state index contributed by atoms with van der Waals surface area (Å²) in [7, 11) is 0. The third kappa shape index (κ3) is 1.36. The largest absolute Gasteiger partial charge is 0.508 e. The van der Waals surface area contributed by atoms with Gasteiger partial charge in [0.1, 0.15) is 11.9 Å². The van der Waals surface area contributed by atoms with Gasteiger partial charge < -0.3 is 10.2 Å². The molecule has 3 nitrogen and oxygen atoms in total. The van der Waals surface area contributed by atoms with E-state index in [1.54, 1.807) is 24.3 Å². The van der Waals surface area contributed by atoms with Gasteiger partial charge in [-0.25, -0.2) is 0 Å². The number of hydrogen-bond donors (Lipinski definition) is 2. The van der Waals surface area contributed by atoms with Crippen LogP contribution in [0.5, 0.6) is 5.75 Å². The fraction of sp³-hybridized carbons (Fsp3) is 0.0714. The minimum absolute atomic E-state index is 0.114. The maximum absolute atomic E-state index is 12.0. The molecule has 0 spiro atoms. The molecule has 0 aliphatic heterocycles. The zero-order chi connectivity index (χ0) is 12.0. The summed E-state index contributed by atoms with van der Waals surface area (Å²) in [5.74, 6) is -0.207. The van der Waals surface area contributed by atoms with E-state index in [0.717, 1.165) is 5.56 Å². The van der Waals surface area contributed by atoms with Gasteiger partial charge in [0.25, 0.3) is 0 Å². The second-order valence-corrected chi connectivity index (χ2v) is 4.08. The summed E-state index contributed by atoms with van der Waals surface area (Å²) >= 11 is 0. The maximum Gasteiger partial charge on any atom is 0.196 e. The van der Waals surface area contributed by atoms with E-state index < -0.39 is 6.10 Å². The number of benzene rings is 2. The highest BCUT2D eigenvalue weighted by Crippen LogP contribution is 2.39. The highest BCUT2D eigenvalue weighted by Gasteiger charge is 2.30. The second kappa shape index (κ2) is 3.43. The van der Waals surface area contributed by atoms with Crippen molar-refractivity contribution in [3.63, 3.8) is 0 Å². The Bertz CT molecular complexity index is 617. The number of phenols is 1. The van der Waals surface area contributed by atoms with Crippen LogP contribution in [0.1, 0.15) is 22.0 Å². The Kier molecular flexibility index (Phi) is 2.03. The number of aliphatic hydroxyl groups excluding tert-OH is 1. The lowest BCUT2D eigenvalue weighted by Crippen LogP contribution is -2.18. The van der Waals surface area contributed by atoms with Crippen molar-refractivity contribution in [2.24, 2.45) is 0 Å². The van der Waals surface area contributed by atoms with Crippen molar-refractivity contribution in [1.29, 1.82) is 0 Å². The van der Waals surface area contributed by atoms with Gasteiger partial charge in [0.15, 0.2) is 5.78 Å². The highest BCUT2D eigenvalue weighted by molar-refractivity contribution is 6.09. The smallest absolute Gasteiger partial charge is 0.196 e. The Balaban J connectivity index is 2.37. The van der Waals surface area contributed by atoms with E-state index in [2.05, 4.69) is 0 Å². The standard InChI is InChI=1S/C14H10O3/c15-8-5-6-11-12(7-8)9-3-1-2-4-10(9)13(16)14(11)17/h1-7,13,15-16H. The summed E-state index contributed by atoms with van der Waals surface area (Å²) < 4.78 is 0. The van der Waals surface area contributed by atoms with Crippen molar-refractivity contribution in [3.8, 4) is 16.9 Å². The van der Waals surface area contributed by atoms with Crippen LogP contribution in [0.25, 0.3) is 11.1 Å². The van der Waals surface area contributed by atoms with E-state index in [4.69, 9.17) is 0 Å². The molecule has 2 aromatic carbocycles. The first kappa shape index (κ1) is 10.1. The van der Waals surface area contributed by atoms with Crippen LogP contribution < -0.4 is 0 Å². The molecule has 1 unspecified atom stereocenters. The van der Waals surface area contributed by atoms with Crippen LogP contribution in [0.3, 0.4) is 0 Å². The Labute approximate surface area is 98.0 Å². The Hall–Kier alpha value is -2.13. The first-order chi connectivity index (χ1) is 8.18. The molecule has 0 heterocycles. The third-order valence-electron chi connectivity index (χ3n) is 3.06. The second-order valence-electron chi connectivity index (χ2n) is 4.08. The summed E-state index contributed by atoms with van der Waals surface area (Å²) in [6, 6.07) is 11.7. The van der Waals surface area contributed by atoms with Crippen molar-refractivity contribution in [2.45, 2.75) is 6.10 Å². The van der Waals surface area contributed by atoms with E-state index in [9.17, 15) is 15.0 Å². The summed E-state index contributed by atoms with van der Waals surface area (Å²) in [6.07, 6.45) is -1.11. The molecule has 3 rings (SSSR count). The number of Topliss-reactive ketones (excluding diaryl/α,β-unsaturated/α-hetero) is 1. The molecule has 17 heavy (non-hydrogen) atoms. The fourth-order valence-corrected chi connectivity index (χ4v) is 2.24. The maximum atomic E-state index is 12.0. The molecule has 0 fully saturated rings. The number of ketones is 1. The Morgan fingerprint density at radius 3 is 2.53 bits per heavy atom. The van der Waals surface area contributed by atoms with Crippen LogP contribution in [-0.4, -0.2) is 16.0 Å². The molecule has 0 bridgehead atoms. The zero-order valence-corrected chi connectivity index (χ0v) is 8.92. The molecule has 0 aromatic heterocycles. The molecule has 3 heteroatoms. The molecule has 84 valence electrons. The minimum Gasteiger partial charge on any atom is -0.508 e. The predicted octanol–water partition coefficient (Wildman–Crippen LogP) is 2.29. The Morgan fingerprint density at radius 1 is 0.941 bits per heavy atom. The van der Waals surface area contributed by atoms with Crippen molar-refractivity contribution >= 4 is 5.78 Å². The van der Waals surface area contributed by atoms with Gasteiger partial charge in [-0.2, -0.15) is 0 Å². The first-order valence-electron chi connectivity index (χ1n) is 5.33. The van der Waals surface area contributed by atoms with Crippen molar-refractivity contribution in [1.82, 2.24) is 0 Å². The lowest BCUT2D eigenvalue weighted by Gasteiger charge is -2.23. The number of carbonyl (C=O) groups excluding carboxylic acids is 1. The molecule has 1 aliphatic rings. The van der Waals surface area contributed by atoms with Gasteiger partial charge in [-0.05, 0) is 34.9 Å². The number of fused-ring (bicyclic) bond motifs is 3. The normalized spacial score (nSPS) is 17.5. The lowest BCUT2D eigenvalue weighted by molar-refractivity contribution is 0.0744. The van der Waals surface area contributed by atoms with E-state index in [1.165, 1.54) is 6.07 Å². The third-order valence-corrected chi connectivity index (χ3v) is 3.06. The average molecular weight is 226 g/mol. The quantitative estimate of drug-likeness (QED) is 0.724. The van der Waals surface area contributed by atoms with Gasteiger partial charge in [0, 0.05) is 5.56 Å². The van der Waals surface area contributed by atoms with Gasteiger partial charge in [-0.15, -0.1) is 0 Å². The fourth-order valence-electron chi connectivity index (χ4n) is 2.24. The summed E-state index contributed by atoms with van der Waals surface area (Å²) in [4.78, 5) is 12.0. The van der Waals surface area contributed by atoms with Crippen LogP contribution in [0.4, 0.5) is 0 Å². The lowest BCUT2D eigenvalue weighted by atomic mass is 9.83. The SMILES string of the molecule is O=C1c2ccc(O)cc2-c2ccccc2C1O. The number of phenolic OH excluding ortho intramolecular Hbond substituents is 1. The van der Waals surface area contributed by atoms with Crippen molar-refractivity contribution in [2.75, 3.05) is 0 Å². The molecule has 2 aromatic rings. The van der Waals surface area contributed by atoms with Crippen LogP contribution in [-0.2, 0) is 0 Å². The number of rotatable bonds is 0. The Morgan fingerprint density at radius 2 is 1.71 bits per heavy atom. The summed E-state index contributed by atoms with van der Waals surface area (Å²) in [5.41, 5.74) is 2.52. The summed E-state index contributed by atoms with van der Waals surface area (Å²) in [5, 5.41) is 19.4. The number of hydrogen-bond acceptors (Lipinski definition) is 3. The molecule has 0 amide bonds. The van der Waals surface area contributed by atoms with E-state index in [1.807, 2.05) is 12.1 Å². The molecule has 0 saturated heterocycles. The topological polar surface area (TPSA) is 57.5 Å². The molecular weight excluding hydrogens is 216 g/mol. The van der Waals surface area contributed by atoms with Gasteiger partial charge in [-0.1, -0.05) is 24.3 Å². The van der Waals surface area contributed by atoms with Gasteiger partial charge in [-0.3, -0.25) is 4.79 Å². The molecule has 2 N–H and O–H groups in total. The minimum atomic E-state index is -1.11. The predicted molar refractivity (Wildman–Crippen MR) is 62.8 cm³/mol. The number of aliphatic hydroxyl groups is 1. The number of carbonyl (C=O) groups is 1. The molecule has 0 radical (unpaired) electrons. The van der Waals surface area contributed by atoms with Crippen molar-refractivity contribution in [3.05, 3.63) is 53.6 Å². The van der Waals surface area contributed by atoms with Crippen LogP contribution >= 0.6 is 0 Å². The monoisotopic (exact) mass is 226 g/mol. The highest BCUT2D eigenvalue weighted by atomic mass is 16.3. The van der Waals surface area contributed by atoms with Crippen LogP contribution in [0.2, 0.25) is 0 Å². The first-order valence-corrected chi connectivity index (χ1v) is 5.33.